The van der Waals surface area contributed by atoms with Gasteiger partial charge in [-0.1, -0.05) is 18.2 Å². The van der Waals surface area contributed by atoms with E-state index in [2.05, 4.69) is 0 Å². The maximum atomic E-state index is 12.9. The van der Waals surface area contributed by atoms with Gasteiger partial charge in [0.05, 0.1) is 24.4 Å². The van der Waals surface area contributed by atoms with E-state index in [0.717, 1.165) is 6.07 Å². The molecular weight excluding hydrogens is 283 g/mol. The minimum absolute atomic E-state index is 0.0101. The predicted octanol–water partition coefficient (Wildman–Crippen LogP) is 2.92. The molecule has 0 aliphatic carbocycles. The summed E-state index contributed by atoms with van der Waals surface area (Å²) in [6.45, 7) is 4.25. The molecule has 3 nitrogen and oxygen atoms in total. The third-order valence-electron chi connectivity index (χ3n) is 2.91. The van der Waals surface area contributed by atoms with Crippen LogP contribution in [-0.2, 0) is 17.5 Å². The van der Waals surface area contributed by atoms with Gasteiger partial charge in [-0.25, -0.2) is 0 Å². The van der Waals surface area contributed by atoms with Crippen LogP contribution in [0.25, 0.3) is 0 Å². The first-order chi connectivity index (χ1) is 9.70. The van der Waals surface area contributed by atoms with Crippen molar-refractivity contribution in [1.82, 2.24) is 4.90 Å². The van der Waals surface area contributed by atoms with Gasteiger partial charge in [0.15, 0.2) is 0 Å². The van der Waals surface area contributed by atoms with Crippen LogP contribution in [0, 0.1) is 0 Å². The maximum absolute atomic E-state index is 12.9. The summed E-state index contributed by atoms with van der Waals surface area (Å²) in [5, 5.41) is 9.79. The van der Waals surface area contributed by atoms with Crippen LogP contribution in [0.3, 0.4) is 0 Å². The smallest absolute Gasteiger partial charge is 0.389 e. The summed E-state index contributed by atoms with van der Waals surface area (Å²) in [6.07, 6.45) is -5.08. The zero-order chi connectivity index (χ0) is 16.0. The van der Waals surface area contributed by atoms with Gasteiger partial charge in [-0.05, 0) is 32.5 Å². The third kappa shape index (κ3) is 6.46. The van der Waals surface area contributed by atoms with Gasteiger partial charge in [0.25, 0.3) is 0 Å². The van der Waals surface area contributed by atoms with Gasteiger partial charge in [0.2, 0.25) is 0 Å². The molecular formula is C15H22F3NO2. The van der Waals surface area contributed by atoms with Crippen molar-refractivity contribution in [2.24, 2.45) is 0 Å². The summed E-state index contributed by atoms with van der Waals surface area (Å²) in [4.78, 5) is 1.65. The molecule has 0 fully saturated rings. The van der Waals surface area contributed by atoms with E-state index in [9.17, 15) is 18.3 Å². The number of rotatable bonds is 7. The highest BCUT2D eigenvalue weighted by Gasteiger charge is 2.33. The van der Waals surface area contributed by atoms with Crippen molar-refractivity contribution < 1.29 is 23.0 Å². The van der Waals surface area contributed by atoms with E-state index in [1.54, 1.807) is 18.0 Å². The Bertz CT molecular complexity index is 435. The monoisotopic (exact) mass is 305 g/mol. The van der Waals surface area contributed by atoms with Crippen molar-refractivity contribution in [3.8, 4) is 0 Å². The fourth-order valence-electron chi connectivity index (χ4n) is 2.01. The summed E-state index contributed by atoms with van der Waals surface area (Å²) >= 11 is 0. The van der Waals surface area contributed by atoms with Crippen molar-refractivity contribution >= 4 is 0 Å². The molecule has 0 saturated carbocycles. The van der Waals surface area contributed by atoms with Gasteiger partial charge >= 0.3 is 6.18 Å². The second-order valence-corrected chi connectivity index (χ2v) is 5.39. The molecule has 0 amide bonds. The lowest BCUT2D eigenvalue weighted by Gasteiger charge is -2.23. The Hall–Kier alpha value is -1.11. The number of aliphatic hydroxyl groups excluding tert-OH is 1. The summed E-state index contributed by atoms with van der Waals surface area (Å²) in [6, 6.07) is 5.48. The van der Waals surface area contributed by atoms with E-state index in [0.29, 0.717) is 0 Å². The van der Waals surface area contributed by atoms with Crippen LogP contribution in [0.1, 0.15) is 25.0 Å². The van der Waals surface area contributed by atoms with Gasteiger partial charge in [0, 0.05) is 13.1 Å². The number of halogens is 3. The normalized spacial score (nSPS) is 14.0. The number of aliphatic hydroxyl groups is 1. The van der Waals surface area contributed by atoms with E-state index in [1.165, 1.54) is 12.1 Å². The highest BCUT2D eigenvalue weighted by Crippen LogP contribution is 2.32. The summed E-state index contributed by atoms with van der Waals surface area (Å²) in [7, 11) is 1.67. The van der Waals surface area contributed by atoms with Gasteiger partial charge < -0.3 is 9.84 Å². The highest BCUT2D eigenvalue weighted by molar-refractivity contribution is 5.29. The Labute approximate surface area is 123 Å². The van der Waals surface area contributed by atoms with Crippen LogP contribution in [0.4, 0.5) is 13.2 Å². The predicted molar refractivity (Wildman–Crippen MR) is 74.9 cm³/mol. The number of nitrogens with zero attached hydrogens (tertiary/aromatic N) is 1. The van der Waals surface area contributed by atoms with Crippen LogP contribution in [-0.4, -0.2) is 42.4 Å². The number of ether oxygens (including phenoxy) is 1. The second kappa shape index (κ2) is 7.77. The first-order valence-corrected chi connectivity index (χ1v) is 6.83. The zero-order valence-corrected chi connectivity index (χ0v) is 12.5. The van der Waals surface area contributed by atoms with Gasteiger partial charge in [-0.3, -0.25) is 4.90 Å². The van der Waals surface area contributed by atoms with E-state index < -0.39 is 17.8 Å². The molecule has 6 heteroatoms. The minimum Gasteiger partial charge on any atom is -0.389 e. The molecule has 0 radical (unpaired) electrons. The van der Waals surface area contributed by atoms with E-state index >= 15 is 0 Å². The molecule has 1 N–H and O–H groups in total. The van der Waals surface area contributed by atoms with Crippen molar-refractivity contribution in [3.63, 3.8) is 0 Å². The molecule has 0 bridgehead atoms. The number of hydrogen-bond donors (Lipinski definition) is 1. The molecule has 0 saturated heterocycles. The molecule has 0 spiro atoms. The Kier molecular flexibility index (Phi) is 6.64. The van der Waals surface area contributed by atoms with E-state index in [4.69, 9.17) is 4.74 Å². The molecule has 0 aliphatic rings. The average molecular weight is 305 g/mol. The van der Waals surface area contributed by atoms with Crippen LogP contribution < -0.4 is 0 Å². The van der Waals surface area contributed by atoms with Crippen LogP contribution in [0.5, 0.6) is 0 Å². The molecule has 1 unspecified atom stereocenters. The lowest BCUT2D eigenvalue weighted by atomic mass is 10.1. The van der Waals surface area contributed by atoms with Crippen LogP contribution >= 0.6 is 0 Å². The number of likely N-dealkylation sites (N-methyl/N-ethyl adjacent to an activating group) is 1. The fraction of sp³-hybridized carbons (Fsp3) is 0.600. The van der Waals surface area contributed by atoms with Crippen molar-refractivity contribution in [2.75, 3.05) is 20.2 Å². The maximum Gasteiger partial charge on any atom is 0.416 e. The number of hydrogen-bond acceptors (Lipinski definition) is 3. The molecule has 1 aromatic rings. The van der Waals surface area contributed by atoms with Gasteiger partial charge in [-0.2, -0.15) is 13.2 Å². The van der Waals surface area contributed by atoms with Crippen LogP contribution in [0.15, 0.2) is 24.3 Å². The standard InChI is InChI=1S/C15H22F3NO2/c1-11(2)21-10-13(20)9-19(3)8-12-6-4-5-7-14(12)15(16,17)18/h4-7,11,13,20H,8-10H2,1-3H3. The SMILES string of the molecule is CC(C)OCC(O)CN(C)Cc1ccccc1C(F)(F)F. The number of benzene rings is 1. The zero-order valence-electron chi connectivity index (χ0n) is 12.5. The molecule has 1 rings (SSSR count). The van der Waals surface area contributed by atoms with Gasteiger partial charge in [0.1, 0.15) is 0 Å². The molecule has 0 aromatic heterocycles. The molecule has 21 heavy (non-hydrogen) atoms. The largest absolute Gasteiger partial charge is 0.416 e. The lowest BCUT2D eigenvalue weighted by Crippen LogP contribution is -2.33. The first-order valence-electron chi connectivity index (χ1n) is 6.83. The summed E-state index contributed by atoms with van der Waals surface area (Å²) in [5.74, 6) is 0. The van der Waals surface area contributed by atoms with Crippen molar-refractivity contribution in [3.05, 3.63) is 35.4 Å². The quantitative estimate of drug-likeness (QED) is 0.841. The highest BCUT2D eigenvalue weighted by atomic mass is 19.4. The van der Waals surface area contributed by atoms with E-state index in [1.807, 2.05) is 13.8 Å². The second-order valence-electron chi connectivity index (χ2n) is 5.39. The van der Waals surface area contributed by atoms with Gasteiger partial charge in [-0.15, -0.1) is 0 Å². The average Bonchev–Trinajstić information content (AvgIpc) is 2.35. The summed E-state index contributed by atoms with van der Waals surface area (Å²) in [5.41, 5.74) is -0.436. The summed E-state index contributed by atoms with van der Waals surface area (Å²) < 4.78 is 43.9. The Balaban J connectivity index is 2.61. The lowest BCUT2D eigenvalue weighted by molar-refractivity contribution is -0.138. The Morgan fingerprint density at radius 3 is 2.43 bits per heavy atom. The van der Waals surface area contributed by atoms with Crippen molar-refractivity contribution in [2.45, 2.75) is 38.8 Å². The molecule has 1 aromatic carbocycles. The first kappa shape index (κ1) is 17.9. The molecule has 0 aliphatic heterocycles. The Morgan fingerprint density at radius 2 is 1.86 bits per heavy atom. The fourth-order valence-corrected chi connectivity index (χ4v) is 2.01. The number of alkyl halides is 3. The van der Waals surface area contributed by atoms with E-state index in [-0.39, 0.29) is 31.4 Å². The van der Waals surface area contributed by atoms with Crippen LogP contribution in [0.2, 0.25) is 0 Å². The molecule has 1 atom stereocenters. The minimum atomic E-state index is -4.36. The molecule has 0 heterocycles. The molecule has 120 valence electrons. The Morgan fingerprint density at radius 1 is 1.24 bits per heavy atom. The van der Waals surface area contributed by atoms with Crippen molar-refractivity contribution in [1.29, 1.82) is 0 Å². The third-order valence-corrected chi connectivity index (χ3v) is 2.91. The topological polar surface area (TPSA) is 32.7 Å².